The van der Waals surface area contributed by atoms with Crippen LogP contribution in [-0.4, -0.2) is 12.6 Å². The molecule has 1 atom stereocenters. The number of allylic oxidation sites excluding steroid dienone is 1. The molecule has 0 radical (unpaired) electrons. The molecule has 0 amide bonds. The van der Waals surface area contributed by atoms with Gasteiger partial charge in [-0.2, -0.15) is 0 Å². The summed E-state index contributed by atoms with van der Waals surface area (Å²) in [6.45, 7) is 6.53. The molecule has 1 rings (SSSR count). The number of benzene rings is 1. The first kappa shape index (κ1) is 15.3. The Morgan fingerprint density at radius 2 is 2.28 bits per heavy atom. The van der Waals surface area contributed by atoms with E-state index in [4.69, 9.17) is 10.5 Å². The van der Waals surface area contributed by atoms with Gasteiger partial charge in [-0.1, -0.05) is 28.9 Å². The number of ether oxygens (including phenoxy) is 1. The molecule has 0 bridgehead atoms. The van der Waals surface area contributed by atoms with Crippen molar-refractivity contribution >= 4 is 15.9 Å². The van der Waals surface area contributed by atoms with Crippen molar-refractivity contribution < 1.29 is 4.74 Å². The Balaban J connectivity index is 2.59. The van der Waals surface area contributed by atoms with E-state index < -0.39 is 0 Å². The lowest BCUT2D eigenvalue weighted by Crippen LogP contribution is -2.21. The fourth-order valence-electron chi connectivity index (χ4n) is 1.64. The van der Waals surface area contributed by atoms with Crippen LogP contribution in [0.4, 0.5) is 0 Å². The van der Waals surface area contributed by atoms with E-state index in [0.29, 0.717) is 0 Å². The Kier molecular flexibility index (Phi) is 7.06. The minimum Gasteiger partial charge on any atom is -0.494 e. The van der Waals surface area contributed by atoms with Crippen LogP contribution in [0.1, 0.15) is 31.7 Å². The van der Waals surface area contributed by atoms with Gasteiger partial charge in [0.15, 0.2) is 0 Å². The fraction of sp³-hybridized carbons (Fsp3) is 0.467. The molecule has 2 N–H and O–H groups in total. The highest BCUT2D eigenvalue weighted by atomic mass is 79.9. The van der Waals surface area contributed by atoms with Gasteiger partial charge in [0.1, 0.15) is 5.75 Å². The van der Waals surface area contributed by atoms with Crippen molar-refractivity contribution in [3.05, 3.63) is 40.9 Å². The molecule has 0 aliphatic carbocycles. The van der Waals surface area contributed by atoms with Gasteiger partial charge in [0.25, 0.3) is 0 Å². The maximum atomic E-state index is 5.99. The van der Waals surface area contributed by atoms with Crippen molar-refractivity contribution in [3.63, 3.8) is 0 Å². The maximum absolute atomic E-state index is 5.99. The van der Waals surface area contributed by atoms with Gasteiger partial charge < -0.3 is 10.5 Å². The summed E-state index contributed by atoms with van der Waals surface area (Å²) < 4.78 is 6.81. The van der Waals surface area contributed by atoms with Gasteiger partial charge in [0, 0.05) is 10.5 Å². The van der Waals surface area contributed by atoms with Crippen LogP contribution >= 0.6 is 15.9 Å². The molecule has 0 saturated carbocycles. The van der Waals surface area contributed by atoms with Crippen molar-refractivity contribution in [2.45, 2.75) is 38.6 Å². The van der Waals surface area contributed by atoms with E-state index in [2.05, 4.69) is 35.5 Å². The Hall–Kier alpha value is -0.800. The predicted molar refractivity (Wildman–Crippen MR) is 81.0 cm³/mol. The molecule has 0 saturated heterocycles. The molecule has 18 heavy (non-hydrogen) atoms. The summed E-state index contributed by atoms with van der Waals surface area (Å²) in [5.74, 6) is 0.917. The Labute approximate surface area is 118 Å². The molecule has 0 aliphatic heterocycles. The molecule has 100 valence electrons. The zero-order valence-corrected chi connectivity index (χ0v) is 12.6. The van der Waals surface area contributed by atoms with Gasteiger partial charge in [0.05, 0.1) is 6.61 Å². The Morgan fingerprint density at radius 3 is 2.94 bits per heavy atom. The number of hydrogen-bond donors (Lipinski definition) is 1. The Bertz CT molecular complexity index is 379. The van der Waals surface area contributed by atoms with Crippen molar-refractivity contribution in [2.75, 3.05) is 6.61 Å². The highest BCUT2D eigenvalue weighted by Crippen LogP contribution is 2.24. The minimum atomic E-state index is 0.206. The number of halogens is 1. The van der Waals surface area contributed by atoms with E-state index in [-0.39, 0.29) is 6.04 Å². The highest BCUT2D eigenvalue weighted by Gasteiger charge is 2.07. The van der Waals surface area contributed by atoms with E-state index in [1.54, 1.807) is 0 Å². The first-order valence-electron chi connectivity index (χ1n) is 6.45. The second-order valence-electron chi connectivity index (χ2n) is 4.41. The lowest BCUT2D eigenvalue weighted by atomic mass is 10.0. The van der Waals surface area contributed by atoms with Crippen LogP contribution in [0.5, 0.6) is 5.75 Å². The molecular weight excluding hydrogens is 290 g/mol. The van der Waals surface area contributed by atoms with Crippen LogP contribution in [0.3, 0.4) is 0 Å². The van der Waals surface area contributed by atoms with Gasteiger partial charge >= 0.3 is 0 Å². The van der Waals surface area contributed by atoms with E-state index in [1.165, 1.54) is 5.56 Å². The molecule has 2 nitrogen and oxygen atoms in total. The van der Waals surface area contributed by atoms with E-state index in [0.717, 1.165) is 42.5 Å². The summed E-state index contributed by atoms with van der Waals surface area (Å²) in [6, 6.07) is 6.30. The summed E-state index contributed by atoms with van der Waals surface area (Å²) in [4.78, 5) is 0. The van der Waals surface area contributed by atoms with Gasteiger partial charge in [-0.05, 0) is 49.4 Å². The topological polar surface area (TPSA) is 35.2 Å². The summed E-state index contributed by atoms with van der Waals surface area (Å²) in [6.07, 6.45) is 5.77. The van der Waals surface area contributed by atoms with Gasteiger partial charge in [-0.25, -0.2) is 0 Å². The Morgan fingerprint density at radius 1 is 1.50 bits per heavy atom. The van der Waals surface area contributed by atoms with Crippen LogP contribution in [0.2, 0.25) is 0 Å². The van der Waals surface area contributed by atoms with Crippen molar-refractivity contribution in [3.8, 4) is 5.75 Å². The number of nitrogens with two attached hydrogens (primary N) is 1. The van der Waals surface area contributed by atoms with Crippen LogP contribution in [0.25, 0.3) is 0 Å². The molecule has 0 fully saturated rings. The summed E-state index contributed by atoms with van der Waals surface area (Å²) in [7, 11) is 0. The SMILES string of the molecule is C=CCCCOc1ccc(Br)c(CC(N)CC)c1. The molecular formula is C15H22BrNO. The predicted octanol–water partition coefficient (Wildman–Crippen LogP) is 4.07. The van der Waals surface area contributed by atoms with Crippen LogP contribution in [0.15, 0.2) is 35.3 Å². The van der Waals surface area contributed by atoms with E-state index >= 15 is 0 Å². The molecule has 1 aromatic carbocycles. The molecule has 1 unspecified atom stereocenters. The second-order valence-corrected chi connectivity index (χ2v) is 5.26. The molecule has 0 spiro atoms. The van der Waals surface area contributed by atoms with Crippen LogP contribution < -0.4 is 10.5 Å². The summed E-state index contributed by atoms with van der Waals surface area (Å²) in [5, 5.41) is 0. The monoisotopic (exact) mass is 311 g/mol. The largest absolute Gasteiger partial charge is 0.494 e. The number of unbranched alkanes of at least 4 members (excludes halogenated alkanes) is 1. The maximum Gasteiger partial charge on any atom is 0.119 e. The summed E-state index contributed by atoms with van der Waals surface area (Å²) >= 11 is 3.56. The van der Waals surface area contributed by atoms with Crippen molar-refractivity contribution in [1.29, 1.82) is 0 Å². The average Bonchev–Trinajstić information content (AvgIpc) is 2.38. The highest BCUT2D eigenvalue weighted by molar-refractivity contribution is 9.10. The van der Waals surface area contributed by atoms with Crippen molar-refractivity contribution in [2.24, 2.45) is 5.73 Å². The lowest BCUT2D eigenvalue weighted by molar-refractivity contribution is 0.311. The smallest absolute Gasteiger partial charge is 0.119 e. The van der Waals surface area contributed by atoms with Gasteiger partial charge in [-0.3, -0.25) is 0 Å². The number of hydrogen-bond acceptors (Lipinski definition) is 2. The molecule has 1 aromatic rings. The van der Waals surface area contributed by atoms with E-state index in [1.807, 2.05) is 18.2 Å². The third-order valence-electron chi connectivity index (χ3n) is 2.84. The van der Waals surface area contributed by atoms with Gasteiger partial charge in [0.2, 0.25) is 0 Å². The van der Waals surface area contributed by atoms with Gasteiger partial charge in [-0.15, -0.1) is 6.58 Å². The van der Waals surface area contributed by atoms with E-state index in [9.17, 15) is 0 Å². The third kappa shape index (κ3) is 5.23. The van der Waals surface area contributed by atoms with Crippen LogP contribution in [-0.2, 0) is 6.42 Å². The molecule has 3 heteroatoms. The molecule has 0 aliphatic rings. The molecule has 0 aromatic heterocycles. The fourth-order valence-corrected chi connectivity index (χ4v) is 2.05. The quantitative estimate of drug-likeness (QED) is 0.580. The average molecular weight is 312 g/mol. The lowest BCUT2D eigenvalue weighted by Gasteiger charge is -2.12. The first-order valence-corrected chi connectivity index (χ1v) is 7.24. The summed E-state index contributed by atoms with van der Waals surface area (Å²) in [5.41, 5.74) is 7.20. The second kappa shape index (κ2) is 8.33. The standard InChI is InChI=1S/C15H22BrNO/c1-3-5-6-9-18-14-7-8-15(16)12(11-14)10-13(17)4-2/h3,7-8,11,13H,1,4-6,9-10,17H2,2H3. The zero-order chi connectivity index (χ0) is 13.4. The minimum absolute atomic E-state index is 0.206. The van der Waals surface area contributed by atoms with Crippen LogP contribution in [0, 0.1) is 0 Å². The molecule has 0 heterocycles. The van der Waals surface area contributed by atoms with Crippen molar-refractivity contribution in [1.82, 2.24) is 0 Å². The third-order valence-corrected chi connectivity index (χ3v) is 3.62. The zero-order valence-electron chi connectivity index (χ0n) is 11.0. The number of rotatable bonds is 8. The first-order chi connectivity index (χ1) is 8.67. The normalized spacial score (nSPS) is 12.2.